The fraction of sp³-hybridized carbons (Fsp3) is 0.250. The van der Waals surface area contributed by atoms with Crippen molar-refractivity contribution in [1.82, 2.24) is 4.57 Å². The molecule has 0 unspecified atom stereocenters. The van der Waals surface area contributed by atoms with E-state index in [2.05, 4.69) is 0 Å². The molecule has 0 bridgehead atoms. The van der Waals surface area contributed by atoms with Crippen LogP contribution in [0, 0.1) is 13.8 Å². The SMILES string of the molecule is Cc1ccc2c(C)c(C(=O)O)n(C)c2c1. The molecule has 1 N–H and O–H groups in total. The Kier molecular flexibility index (Phi) is 2.03. The quantitative estimate of drug-likeness (QED) is 0.773. The summed E-state index contributed by atoms with van der Waals surface area (Å²) >= 11 is 0. The predicted octanol–water partition coefficient (Wildman–Crippen LogP) is 2.49. The van der Waals surface area contributed by atoms with Gasteiger partial charge >= 0.3 is 5.97 Å². The van der Waals surface area contributed by atoms with Gasteiger partial charge in [-0.05, 0) is 31.0 Å². The first-order chi connectivity index (χ1) is 7.02. The Hall–Kier alpha value is -1.77. The number of aromatic nitrogens is 1. The summed E-state index contributed by atoms with van der Waals surface area (Å²) in [4.78, 5) is 11.1. The molecule has 2 rings (SSSR count). The van der Waals surface area contributed by atoms with Crippen LogP contribution in [0.5, 0.6) is 0 Å². The second-order valence-corrected chi connectivity index (χ2v) is 3.86. The van der Waals surface area contributed by atoms with Crippen molar-refractivity contribution < 1.29 is 9.90 Å². The van der Waals surface area contributed by atoms with Gasteiger partial charge in [0.25, 0.3) is 0 Å². The molecule has 78 valence electrons. The van der Waals surface area contributed by atoms with Gasteiger partial charge in [0, 0.05) is 18.0 Å². The number of benzene rings is 1. The summed E-state index contributed by atoms with van der Waals surface area (Å²) in [6.07, 6.45) is 0. The molecule has 3 nitrogen and oxygen atoms in total. The summed E-state index contributed by atoms with van der Waals surface area (Å²) in [6.45, 7) is 3.85. The number of nitrogens with zero attached hydrogens (tertiary/aromatic N) is 1. The molecule has 0 saturated heterocycles. The molecule has 1 heterocycles. The van der Waals surface area contributed by atoms with E-state index < -0.39 is 5.97 Å². The molecular formula is C12H13NO2. The molecule has 1 aromatic heterocycles. The molecule has 0 aliphatic rings. The Morgan fingerprint density at radius 3 is 2.60 bits per heavy atom. The topological polar surface area (TPSA) is 42.2 Å². The van der Waals surface area contributed by atoms with Crippen LogP contribution in [0.15, 0.2) is 18.2 Å². The lowest BCUT2D eigenvalue weighted by Crippen LogP contribution is -2.05. The number of aryl methyl sites for hydroxylation is 3. The fourth-order valence-corrected chi connectivity index (χ4v) is 2.04. The van der Waals surface area contributed by atoms with Crippen molar-refractivity contribution in [1.29, 1.82) is 0 Å². The summed E-state index contributed by atoms with van der Waals surface area (Å²) in [5, 5.41) is 10.1. The van der Waals surface area contributed by atoms with Gasteiger partial charge in [0.2, 0.25) is 0 Å². The van der Waals surface area contributed by atoms with Gasteiger partial charge in [-0.25, -0.2) is 4.79 Å². The Morgan fingerprint density at radius 2 is 2.00 bits per heavy atom. The maximum absolute atomic E-state index is 11.1. The molecule has 0 saturated carbocycles. The molecule has 0 atom stereocenters. The highest BCUT2D eigenvalue weighted by atomic mass is 16.4. The van der Waals surface area contributed by atoms with Gasteiger partial charge in [0.15, 0.2) is 0 Å². The van der Waals surface area contributed by atoms with Crippen LogP contribution in [-0.2, 0) is 7.05 Å². The van der Waals surface area contributed by atoms with E-state index in [-0.39, 0.29) is 0 Å². The van der Waals surface area contributed by atoms with E-state index in [9.17, 15) is 4.79 Å². The van der Waals surface area contributed by atoms with E-state index in [1.54, 1.807) is 11.6 Å². The van der Waals surface area contributed by atoms with Crippen LogP contribution >= 0.6 is 0 Å². The zero-order chi connectivity index (χ0) is 11.2. The Bertz CT molecular complexity index is 552. The van der Waals surface area contributed by atoms with E-state index in [1.807, 2.05) is 32.0 Å². The van der Waals surface area contributed by atoms with Gasteiger partial charge in [-0.15, -0.1) is 0 Å². The summed E-state index contributed by atoms with van der Waals surface area (Å²) in [7, 11) is 1.79. The van der Waals surface area contributed by atoms with Crippen molar-refractivity contribution in [2.24, 2.45) is 7.05 Å². The summed E-state index contributed by atoms with van der Waals surface area (Å²) in [5.74, 6) is -0.871. The standard InChI is InChI=1S/C12H13NO2/c1-7-4-5-9-8(2)11(12(14)15)13(3)10(9)6-7/h4-6H,1-3H3,(H,14,15). The van der Waals surface area contributed by atoms with E-state index in [4.69, 9.17) is 5.11 Å². The third kappa shape index (κ3) is 1.31. The number of carboxylic acids is 1. The third-order valence-electron chi connectivity index (χ3n) is 2.81. The summed E-state index contributed by atoms with van der Waals surface area (Å²) in [6, 6.07) is 5.99. The molecule has 0 fully saturated rings. The van der Waals surface area contributed by atoms with Crippen molar-refractivity contribution in [3.63, 3.8) is 0 Å². The van der Waals surface area contributed by atoms with Gasteiger partial charge in [0.05, 0.1) is 0 Å². The Morgan fingerprint density at radius 1 is 1.33 bits per heavy atom. The minimum atomic E-state index is -0.871. The number of carboxylic acid groups (broad SMARTS) is 1. The lowest BCUT2D eigenvalue weighted by molar-refractivity contribution is 0.0686. The Balaban J connectivity index is 2.91. The molecule has 0 aliphatic heterocycles. The average molecular weight is 203 g/mol. The largest absolute Gasteiger partial charge is 0.477 e. The first-order valence-corrected chi connectivity index (χ1v) is 4.81. The van der Waals surface area contributed by atoms with Crippen molar-refractivity contribution in [2.75, 3.05) is 0 Å². The van der Waals surface area contributed by atoms with Crippen LogP contribution in [0.2, 0.25) is 0 Å². The molecule has 0 aliphatic carbocycles. The van der Waals surface area contributed by atoms with Gasteiger partial charge < -0.3 is 9.67 Å². The summed E-state index contributed by atoms with van der Waals surface area (Å²) in [5.41, 5.74) is 3.32. The molecule has 0 amide bonds. The maximum atomic E-state index is 11.1. The molecule has 1 aromatic carbocycles. The number of hydrogen-bond acceptors (Lipinski definition) is 1. The van der Waals surface area contributed by atoms with E-state index in [0.717, 1.165) is 22.0 Å². The monoisotopic (exact) mass is 203 g/mol. The molecule has 15 heavy (non-hydrogen) atoms. The molecule has 2 aromatic rings. The van der Waals surface area contributed by atoms with Crippen molar-refractivity contribution >= 4 is 16.9 Å². The highest BCUT2D eigenvalue weighted by Crippen LogP contribution is 2.25. The first-order valence-electron chi connectivity index (χ1n) is 4.81. The van der Waals surface area contributed by atoms with Crippen molar-refractivity contribution in [2.45, 2.75) is 13.8 Å². The average Bonchev–Trinajstić information content (AvgIpc) is 2.39. The van der Waals surface area contributed by atoms with E-state index >= 15 is 0 Å². The normalized spacial score (nSPS) is 10.9. The van der Waals surface area contributed by atoms with E-state index in [0.29, 0.717) is 5.69 Å². The second kappa shape index (κ2) is 3.12. The number of rotatable bonds is 1. The predicted molar refractivity (Wildman–Crippen MR) is 59.4 cm³/mol. The maximum Gasteiger partial charge on any atom is 0.352 e. The Labute approximate surface area is 87.9 Å². The summed E-state index contributed by atoms with van der Waals surface area (Å²) < 4.78 is 1.74. The van der Waals surface area contributed by atoms with Crippen LogP contribution in [0.1, 0.15) is 21.6 Å². The smallest absolute Gasteiger partial charge is 0.352 e. The van der Waals surface area contributed by atoms with Crippen LogP contribution in [0.4, 0.5) is 0 Å². The lowest BCUT2D eigenvalue weighted by Gasteiger charge is -1.99. The fourth-order valence-electron chi connectivity index (χ4n) is 2.04. The van der Waals surface area contributed by atoms with Crippen molar-refractivity contribution in [3.05, 3.63) is 35.0 Å². The zero-order valence-electron chi connectivity index (χ0n) is 9.03. The number of hydrogen-bond donors (Lipinski definition) is 1. The minimum absolute atomic E-state index is 0.371. The van der Waals surface area contributed by atoms with Crippen molar-refractivity contribution in [3.8, 4) is 0 Å². The van der Waals surface area contributed by atoms with Crippen LogP contribution in [0.25, 0.3) is 10.9 Å². The van der Waals surface area contributed by atoms with Gasteiger partial charge in [0.1, 0.15) is 5.69 Å². The second-order valence-electron chi connectivity index (χ2n) is 3.86. The third-order valence-corrected chi connectivity index (χ3v) is 2.81. The highest BCUT2D eigenvalue weighted by molar-refractivity contribution is 5.98. The zero-order valence-corrected chi connectivity index (χ0v) is 9.03. The van der Waals surface area contributed by atoms with E-state index in [1.165, 1.54) is 0 Å². The number of fused-ring (bicyclic) bond motifs is 1. The number of aromatic carboxylic acids is 1. The van der Waals surface area contributed by atoms with Gasteiger partial charge in [-0.2, -0.15) is 0 Å². The van der Waals surface area contributed by atoms with Gasteiger partial charge in [-0.1, -0.05) is 12.1 Å². The lowest BCUT2D eigenvalue weighted by atomic mass is 10.1. The molecular weight excluding hydrogens is 190 g/mol. The highest BCUT2D eigenvalue weighted by Gasteiger charge is 2.16. The number of carbonyl (C=O) groups is 1. The molecule has 0 radical (unpaired) electrons. The first kappa shape index (κ1) is 9.77. The molecule has 3 heteroatoms. The van der Waals surface area contributed by atoms with Crippen LogP contribution < -0.4 is 0 Å². The van der Waals surface area contributed by atoms with Gasteiger partial charge in [-0.3, -0.25) is 0 Å². The minimum Gasteiger partial charge on any atom is -0.477 e. The van der Waals surface area contributed by atoms with Crippen LogP contribution in [0.3, 0.4) is 0 Å². The van der Waals surface area contributed by atoms with Crippen LogP contribution in [-0.4, -0.2) is 15.6 Å². The molecule has 0 spiro atoms.